The molecule has 2 rings (SSSR count). The maximum absolute atomic E-state index is 11.8. The second-order valence-electron chi connectivity index (χ2n) is 5.16. The Morgan fingerprint density at radius 2 is 1.86 bits per heavy atom. The van der Waals surface area contributed by atoms with Gasteiger partial charge in [-0.15, -0.1) is 0 Å². The molecule has 0 unspecified atom stereocenters. The molecule has 22 heavy (non-hydrogen) atoms. The lowest BCUT2D eigenvalue weighted by molar-refractivity contribution is -0.121. The van der Waals surface area contributed by atoms with Gasteiger partial charge >= 0.3 is 0 Å². The molecule has 2 aromatic carbocycles. The van der Waals surface area contributed by atoms with Gasteiger partial charge in [-0.2, -0.15) is 0 Å². The highest BCUT2D eigenvalue weighted by atomic mass is 16.5. The molecule has 0 radical (unpaired) electrons. The zero-order chi connectivity index (χ0) is 15.8. The molecule has 0 spiro atoms. The van der Waals surface area contributed by atoms with Crippen molar-refractivity contribution in [2.45, 2.75) is 19.3 Å². The van der Waals surface area contributed by atoms with Crippen molar-refractivity contribution in [3.8, 4) is 5.75 Å². The van der Waals surface area contributed by atoms with Gasteiger partial charge in [-0.1, -0.05) is 36.4 Å². The van der Waals surface area contributed by atoms with Crippen LogP contribution >= 0.6 is 0 Å². The summed E-state index contributed by atoms with van der Waals surface area (Å²) in [6, 6.07) is 15.7. The number of nitrogens with one attached hydrogen (secondary N) is 1. The maximum atomic E-state index is 11.8. The fourth-order valence-electron chi connectivity index (χ4n) is 2.28. The van der Waals surface area contributed by atoms with Gasteiger partial charge in [0.1, 0.15) is 5.75 Å². The first-order valence-corrected chi connectivity index (χ1v) is 7.42. The van der Waals surface area contributed by atoms with Crippen molar-refractivity contribution in [2.24, 2.45) is 0 Å². The Labute approximate surface area is 131 Å². The first-order chi connectivity index (χ1) is 10.7. The van der Waals surface area contributed by atoms with Gasteiger partial charge in [-0.05, 0) is 36.1 Å². The number of benzene rings is 2. The van der Waals surface area contributed by atoms with Crippen LogP contribution in [0.15, 0.2) is 48.5 Å². The number of aryl methyl sites for hydroxylation is 1. The molecule has 1 amide bonds. The van der Waals surface area contributed by atoms with Gasteiger partial charge in [0.25, 0.3) is 0 Å². The number of hydrogen-bond donors (Lipinski definition) is 2. The van der Waals surface area contributed by atoms with Crippen LogP contribution in [0.25, 0.3) is 0 Å². The van der Waals surface area contributed by atoms with Crippen molar-refractivity contribution >= 4 is 11.6 Å². The van der Waals surface area contributed by atoms with Crippen LogP contribution in [0.1, 0.15) is 17.5 Å². The summed E-state index contributed by atoms with van der Waals surface area (Å²) in [5.74, 6) is 0.724. The highest BCUT2D eigenvalue weighted by Crippen LogP contribution is 2.22. The Morgan fingerprint density at radius 1 is 1.09 bits per heavy atom. The topological polar surface area (TPSA) is 64.3 Å². The molecule has 0 fully saturated rings. The van der Waals surface area contributed by atoms with Gasteiger partial charge in [0.05, 0.1) is 12.8 Å². The largest absolute Gasteiger partial charge is 0.495 e. The van der Waals surface area contributed by atoms with Crippen molar-refractivity contribution in [1.82, 2.24) is 5.32 Å². The van der Waals surface area contributed by atoms with Crippen LogP contribution in [0.3, 0.4) is 0 Å². The average molecular weight is 298 g/mol. The molecule has 0 bridgehead atoms. The smallest absolute Gasteiger partial charge is 0.220 e. The van der Waals surface area contributed by atoms with Gasteiger partial charge in [-0.25, -0.2) is 0 Å². The number of nitrogens with two attached hydrogens (primary N) is 1. The van der Waals surface area contributed by atoms with Gasteiger partial charge < -0.3 is 15.8 Å². The van der Waals surface area contributed by atoms with E-state index in [9.17, 15) is 4.79 Å². The van der Waals surface area contributed by atoms with E-state index >= 15 is 0 Å². The number of methoxy groups -OCH3 is 1. The molecule has 116 valence electrons. The van der Waals surface area contributed by atoms with Crippen molar-refractivity contribution < 1.29 is 9.53 Å². The quantitative estimate of drug-likeness (QED) is 0.772. The molecule has 3 N–H and O–H groups in total. The second kappa shape index (κ2) is 8.08. The highest BCUT2D eigenvalue weighted by Gasteiger charge is 2.04. The molecule has 0 saturated carbocycles. The van der Waals surface area contributed by atoms with Crippen LogP contribution in [0.5, 0.6) is 5.75 Å². The first kappa shape index (κ1) is 15.9. The molecule has 0 aliphatic carbocycles. The van der Waals surface area contributed by atoms with Gasteiger partial charge in [0.15, 0.2) is 0 Å². The third kappa shape index (κ3) is 4.81. The highest BCUT2D eigenvalue weighted by molar-refractivity contribution is 5.76. The Bertz CT molecular complexity index is 612. The van der Waals surface area contributed by atoms with Crippen LogP contribution in [0.4, 0.5) is 5.69 Å². The van der Waals surface area contributed by atoms with Crippen LogP contribution < -0.4 is 15.8 Å². The van der Waals surface area contributed by atoms with Crippen LogP contribution in [-0.2, 0) is 17.6 Å². The predicted molar refractivity (Wildman–Crippen MR) is 88.9 cm³/mol. The normalized spacial score (nSPS) is 10.2. The third-order valence-electron chi connectivity index (χ3n) is 3.51. The van der Waals surface area contributed by atoms with Crippen molar-refractivity contribution in [2.75, 3.05) is 19.4 Å². The zero-order valence-corrected chi connectivity index (χ0v) is 12.8. The number of anilines is 1. The molecule has 0 heterocycles. The molecule has 0 atom stereocenters. The van der Waals surface area contributed by atoms with Gasteiger partial charge in [0.2, 0.25) is 5.91 Å². The number of amides is 1. The molecule has 0 aliphatic rings. The van der Waals surface area contributed by atoms with E-state index in [1.807, 2.05) is 36.4 Å². The SMILES string of the molecule is COc1ccc(CCC(=O)NCCc2ccccc2)cc1N. The minimum absolute atomic E-state index is 0.0605. The van der Waals surface area contributed by atoms with E-state index in [4.69, 9.17) is 10.5 Å². The van der Waals surface area contributed by atoms with Crippen LogP contribution in [-0.4, -0.2) is 19.6 Å². The van der Waals surface area contributed by atoms with E-state index in [1.165, 1.54) is 5.56 Å². The van der Waals surface area contributed by atoms with E-state index in [0.29, 0.717) is 30.8 Å². The fraction of sp³-hybridized carbons (Fsp3) is 0.278. The van der Waals surface area contributed by atoms with Crippen molar-refractivity contribution in [1.29, 1.82) is 0 Å². The maximum Gasteiger partial charge on any atom is 0.220 e. The number of ether oxygens (including phenoxy) is 1. The van der Waals surface area contributed by atoms with Crippen LogP contribution in [0.2, 0.25) is 0 Å². The Morgan fingerprint density at radius 3 is 2.55 bits per heavy atom. The van der Waals surface area contributed by atoms with E-state index in [-0.39, 0.29) is 5.91 Å². The summed E-state index contributed by atoms with van der Waals surface area (Å²) in [6.07, 6.45) is 1.98. The lowest BCUT2D eigenvalue weighted by Gasteiger charge is -2.08. The standard InChI is InChI=1S/C18H22N2O2/c1-22-17-9-7-15(13-16(17)19)8-10-18(21)20-12-11-14-5-3-2-4-6-14/h2-7,9,13H,8,10-12,19H2,1H3,(H,20,21). The summed E-state index contributed by atoms with van der Waals surface area (Å²) in [6.45, 7) is 0.660. The molecule has 4 heteroatoms. The minimum Gasteiger partial charge on any atom is -0.495 e. The molecular formula is C18H22N2O2. The summed E-state index contributed by atoms with van der Waals surface area (Å²) >= 11 is 0. The van der Waals surface area contributed by atoms with E-state index in [2.05, 4.69) is 17.4 Å². The number of hydrogen-bond acceptors (Lipinski definition) is 3. The lowest BCUT2D eigenvalue weighted by atomic mass is 10.1. The predicted octanol–water partition coefficient (Wildman–Crippen LogP) is 2.57. The third-order valence-corrected chi connectivity index (χ3v) is 3.51. The van der Waals surface area contributed by atoms with Crippen molar-refractivity contribution in [3.63, 3.8) is 0 Å². The zero-order valence-electron chi connectivity index (χ0n) is 12.8. The van der Waals surface area contributed by atoms with E-state index in [0.717, 1.165) is 12.0 Å². The summed E-state index contributed by atoms with van der Waals surface area (Å²) in [5, 5.41) is 2.94. The van der Waals surface area contributed by atoms with Crippen molar-refractivity contribution in [3.05, 3.63) is 59.7 Å². The molecular weight excluding hydrogens is 276 g/mol. The molecule has 2 aromatic rings. The van der Waals surface area contributed by atoms with Crippen LogP contribution in [0, 0.1) is 0 Å². The summed E-state index contributed by atoms with van der Waals surface area (Å²) in [7, 11) is 1.59. The number of carbonyl (C=O) groups excluding carboxylic acids is 1. The molecule has 0 aliphatic heterocycles. The number of rotatable bonds is 7. The Hall–Kier alpha value is -2.49. The molecule has 4 nitrogen and oxygen atoms in total. The first-order valence-electron chi connectivity index (χ1n) is 7.42. The second-order valence-corrected chi connectivity index (χ2v) is 5.16. The Balaban J connectivity index is 1.72. The van der Waals surface area contributed by atoms with Gasteiger partial charge in [-0.3, -0.25) is 4.79 Å². The summed E-state index contributed by atoms with van der Waals surface area (Å²) in [5.41, 5.74) is 8.72. The van der Waals surface area contributed by atoms with E-state index < -0.39 is 0 Å². The molecule has 0 aromatic heterocycles. The summed E-state index contributed by atoms with van der Waals surface area (Å²) in [4.78, 5) is 11.8. The fourth-order valence-corrected chi connectivity index (χ4v) is 2.28. The number of nitrogen functional groups attached to an aromatic ring is 1. The summed E-state index contributed by atoms with van der Waals surface area (Å²) < 4.78 is 5.12. The van der Waals surface area contributed by atoms with Gasteiger partial charge in [0, 0.05) is 13.0 Å². The molecule has 0 saturated heterocycles. The monoisotopic (exact) mass is 298 g/mol. The van der Waals surface area contributed by atoms with E-state index in [1.54, 1.807) is 7.11 Å². The lowest BCUT2D eigenvalue weighted by Crippen LogP contribution is -2.25. The minimum atomic E-state index is 0.0605. The average Bonchev–Trinajstić information content (AvgIpc) is 2.54. The number of carbonyl (C=O) groups is 1. The Kier molecular flexibility index (Phi) is 5.83.